The molecule has 5 heteroatoms. The molecule has 1 fully saturated rings. The maximum absolute atomic E-state index is 11.5. The fraction of sp³-hybridized carbons (Fsp3) is 0.385. The van der Waals surface area contributed by atoms with Crippen molar-refractivity contribution in [1.82, 2.24) is 10.2 Å². The van der Waals surface area contributed by atoms with Crippen molar-refractivity contribution in [3.63, 3.8) is 0 Å². The van der Waals surface area contributed by atoms with Gasteiger partial charge in [-0.15, -0.1) is 0 Å². The lowest BCUT2D eigenvalue weighted by Gasteiger charge is -2.25. The molecule has 1 N–H and O–H groups in total. The van der Waals surface area contributed by atoms with Crippen molar-refractivity contribution in [2.75, 3.05) is 26.7 Å². The van der Waals surface area contributed by atoms with Gasteiger partial charge >= 0.3 is 0 Å². The van der Waals surface area contributed by atoms with Gasteiger partial charge < -0.3 is 4.74 Å². The minimum atomic E-state index is -0.153. The molecular formula is C13H16N2O3. The quantitative estimate of drug-likeness (QED) is 0.773. The van der Waals surface area contributed by atoms with Gasteiger partial charge in [0.05, 0.1) is 20.2 Å². The Morgan fingerprint density at radius 2 is 1.78 bits per heavy atom. The first-order valence-corrected chi connectivity index (χ1v) is 5.87. The van der Waals surface area contributed by atoms with E-state index in [0.717, 1.165) is 11.3 Å². The van der Waals surface area contributed by atoms with Crippen LogP contribution >= 0.6 is 0 Å². The van der Waals surface area contributed by atoms with Gasteiger partial charge in [0.1, 0.15) is 5.75 Å². The van der Waals surface area contributed by atoms with Gasteiger partial charge in [-0.3, -0.25) is 19.8 Å². The Kier molecular flexibility index (Phi) is 3.94. The molecule has 1 aromatic rings. The third-order valence-electron chi connectivity index (χ3n) is 2.94. The van der Waals surface area contributed by atoms with Crippen molar-refractivity contribution in [3.8, 4) is 5.75 Å². The molecule has 0 atom stereocenters. The van der Waals surface area contributed by atoms with Gasteiger partial charge in [-0.05, 0) is 24.1 Å². The molecule has 5 nitrogen and oxygen atoms in total. The predicted octanol–water partition coefficient (Wildman–Crippen LogP) is 0.196. The Bertz CT molecular complexity index is 426. The van der Waals surface area contributed by atoms with Crippen molar-refractivity contribution in [2.24, 2.45) is 0 Å². The number of carbonyl (C=O) groups excluding carboxylic acids is 2. The molecule has 0 aliphatic carbocycles. The van der Waals surface area contributed by atoms with Crippen LogP contribution in [-0.2, 0) is 16.0 Å². The highest BCUT2D eigenvalue weighted by Crippen LogP contribution is 2.12. The Labute approximate surface area is 106 Å². The van der Waals surface area contributed by atoms with Gasteiger partial charge in [0.2, 0.25) is 11.8 Å². The number of benzene rings is 1. The smallest absolute Gasteiger partial charge is 0.243 e. The number of hydrogen-bond acceptors (Lipinski definition) is 4. The second kappa shape index (κ2) is 5.64. The number of piperazine rings is 1. The summed E-state index contributed by atoms with van der Waals surface area (Å²) in [5.41, 5.74) is 1.08. The number of methoxy groups -OCH3 is 1. The van der Waals surface area contributed by atoms with Crippen LogP contribution in [0.25, 0.3) is 0 Å². The summed E-state index contributed by atoms with van der Waals surface area (Å²) in [6, 6.07) is 7.62. The molecule has 0 aromatic heterocycles. The summed E-state index contributed by atoms with van der Waals surface area (Å²) in [6.45, 7) is 0.925. The van der Waals surface area contributed by atoms with E-state index >= 15 is 0 Å². The van der Waals surface area contributed by atoms with E-state index < -0.39 is 0 Å². The second-order valence-electron chi connectivity index (χ2n) is 4.14. The van der Waals surface area contributed by atoms with E-state index in [1.54, 1.807) is 7.11 Å². The van der Waals surface area contributed by atoms with Crippen molar-refractivity contribution in [3.05, 3.63) is 29.8 Å². The fourth-order valence-electron chi connectivity index (χ4n) is 1.89. The summed E-state index contributed by atoms with van der Waals surface area (Å²) >= 11 is 0. The lowest BCUT2D eigenvalue weighted by Crippen LogP contribution is -2.52. The largest absolute Gasteiger partial charge is 0.497 e. The molecule has 1 aliphatic heterocycles. The van der Waals surface area contributed by atoms with Crippen molar-refractivity contribution < 1.29 is 14.3 Å². The van der Waals surface area contributed by atoms with E-state index in [1.807, 2.05) is 24.3 Å². The summed E-state index contributed by atoms with van der Waals surface area (Å²) in [5, 5.41) is 2.77. The summed E-state index contributed by atoms with van der Waals surface area (Å²) in [6.07, 6.45) is 0.668. The van der Waals surface area contributed by atoms with Crippen LogP contribution < -0.4 is 10.1 Å². The number of imide groups is 1. The molecule has 2 amide bonds. The van der Waals surface area contributed by atoms with Crippen LogP contribution in [0.15, 0.2) is 24.3 Å². The summed E-state index contributed by atoms with van der Waals surface area (Å²) in [5.74, 6) is 0.493. The second-order valence-corrected chi connectivity index (χ2v) is 4.14. The molecule has 2 rings (SSSR count). The van der Waals surface area contributed by atoms with E-state index in [-0.39, 0.29) is 24.9 Å². The standard InChI is InChI=1S/C13H16N2O3/c1-18-11-4-2-10(3-5-11)6-7-15-12(16)8-14-9-13(15)17/h2-5,14H,6-9H2,1H3. The van der Waals surface area contributed by atoms with E-state index in [0.29, 0.717) is 13.0 Å². The van der Waals surface area contributed by atoms with Crippen LogP contribution in [0.1, 0.15) is 5.56 Å². The molecule has 1 saturated heterocycles. The van der Waals surface area contributed by atoms with Gasteiger partial charge in [-0.2, -0.15) is 0 Å². The number of ether oxygens (including phenoxy) is 1. The lowest BCUT2D eigenvalue weighted by atomic mass is 10.1. The zero-order chi connectivity index (χ0) is 13.0. The van der Waals surface area contributed by atoms with Crippen LogP contribution in [-0.4, -0.2) is 43.5 Å². The monoisotopic (exact) mass is 248 g/mol. The fourth-order valence-corrected chi connectivity index (χ4v) is 1.89. The molecular weight excluding hydrogens is 232 g/mol. The van der Waals surface area contributed by atoms with Crippen molar-refractivity contribution in [1.29, 1.82) is 0 Å². The first kappa shape index (κ1) is 12.6. The van der Waals surface area contributed by atoms with Crippen LogP contribution in [0.2, 0.25) is 0 Å². The molecule has 18 heavy (non-hydrogen) atoms. The van der Waals surface area contributed by atoms with Crippen LogP contribution in [0, 0.1) is 0 Å². The third kappa shape index (κ3) is 2.87. The summed E-state index contributed by atoms with van der Waals surface area (Å²) < 4.78 is 5.07. The number of amides is 2. The topological polar surface area (TPSA) is 58.6 Å². The molecule has 96 valence electrons. The Hall–Kier alpha value is -1.88. The highest BCUT2D eigenvalue weighted by atomic mass is 16.5. The minimum absolute atomic E-state index is 0.153. The van der Waals surface area contributed by atoms with Crippen molar-refractivity contribution in [2.45, 2.75) is 6.42 Å². The van der Waals surface area contributed by atoms with Gasteiger partial charge in [0.15, 0.2) is 0 Å². The zero-order valence-corrected chi connectivity index (χ0v) is 10.3. The van der Waals surface area contributed by atoms with E-state index in [2.05, 4.69) is 5.32 Å². The maximum atomic E-state index is 11.5. The number of carbonyl (C=O) groups is 2. The number of nitrogens with one attached hydrogen (secondary N) is 1. The zero-order valence-electron chi connectivity index (χ0n) is 10.3. The average Bonchev–Trinajstić information content (AvgIpc) is 2.39. The molecule has 0 spiro atoms. The Morgan fingerprint density at radius 3 is 2.33 bits per heavy atom. The molecule has 0 radical (unpaired) electrons. The van der Waals surface area contributed by atoms with Crippen LogP contribution in [0.4, 0.5) is 0 Å². The predicted molar refractivity (Wildman–Crippen MR) is 66.3 cm³/mol. The molecule has 1 aromatic carbocycles. The van der Waals surface area contributed by atoms with Gasteiger partial charge in [0, 0.05) is 6.54 Å². The van der Waals surface area contributed by atoms with E-state index in [4.69, 9.17) is 4.74 Å². The van der Waals surface area contributed by atoms with E-state index in [9.17, 15) is 9.59 Å². The normalized spacial score (nSPS) is 15.9. The van der Waals surface area contributed by atoms with Crippen LogP contribution in [0.5, 0.6) is 5.75 Å². The molecule has 0 unspecified atom stereocenters. The lowest BCUT2D eigenvalue weighted by molar-refractivity contribution is -0.146. The summed E-state index contributed by atoms with van der Waals surface area (Å²) in [4.78, 5) is 24.4. The third-order valence-corrected chi connectivity index (χ3v) is 2.94. The molecule has 1 heterocycles. The number of nitrogens with zero attached hydrogens (tertiary/aromatic N) is 1. The maximum Gasteiger partial charge on any atom is 0.243 e. The highest BCUT2D eigenvalue weighted by Gasteiger charge is 2.24. The van der Waals surface area contributed by atoms with Crippen molar-refractivity contribution >= 4 is 11.8 Å². The van der Waals surface area contributed by atoms with E-state index in [1.165, 1.54) is 4.90 Å². The van der Waals surface area contributed by atoms with Gasteiger partial charge in [-0.1, -0.05) is 12.1 Å². The molecule has 1 aliphatic rings. The SMILES string of the molecule is COc1ccc(CCN2C(=O)CNCC2=O)cc1. The Morgan fingerprint density at radius 1 is 1.17 bits per heavy atom. The molecule has 0 saturated carbocycles. The first-order chi connectivity index (χ1) is 8.70. The Balaban J connectivity index is 1.93. The van der Waals surface area contributed by atoms with Crippen LogP contribution in [0.3, 0.4) is 0 Å². The minimum Gasteiger partial charge on any atom is -0.497 e. The van der Waals surface area contributed by atoms with Gasteiger partial charge in [-0.25, -0.2) is 0 Å². The first-order valence-electron chi connectivity index (χ1n) is 5.87. The number of hydrogen-bond donors (Lipinski definition) is 1. The van der Waals surface area contributed by atoms with Gasteiger partial charge in [0.25, 0.3) is 0 Å². The number of rotatable bonds is 4. The average molecular weight is 248 g/mol. The highest BCUT2D eigenvalue weighted by molar-refractivity contribution is 5.99. The summed E-state index contributed by atoms with van der Waals surface area (Å²) in [7, 11) is 1.62. The molecule has 0 bridgehead atoms.